The highest BCUT2D eigenvalue weighted by Crippen LogP contribution is 2.23. The Kier molecular flexibility index (Phi) is 4.64. The smallest absolute Gasteiger partial charge is 0.159 e. The Morgan fingerprint density at radius 1 is 0.964 bits per heavy atom. The summed E-state index contributed by atoms with van der Waals surface area (Å²) in [6, 6.07) is 10.3. The van der Waals surface area contributed by atoms with E-state index >= 15 is 0 Å². The molecule has 0 saturated heterocycles. The molecule has 5 nitrogen and oxygen atoms in total. The van der Waals surface area contributed by atoms with Gasteiger partial charge in [-0.2, -0.15) is 11.3 Å². The molecule has 0 aromatic carbocycles. The lowest BCUT2D eigenvalue weighted by Gasteiger charge is -2.28. The van der Waals surface area contributed by atoms with E-state index in [-0.39, 0.29) is 0 Å². The van der Waals surface area contributed by atoms with Gasteiger partial charge in [-0.15, -0.1) is 0 Å². The Balaban J connectivity index is 1.28. The number of nitrogens with zero attached hydrogens (tertiary/aromatic N) is 5. The van der Waals surface area contributed by atoms with E-state index in [0.717, 1.165) is 48.8 Å². The summed E-state index contributed by atoms with van der Waals surface area (Å²) in [7, 11) is 0. The lowest BCUT2D eigenvalue weighted by atomic mass is 10.1. The molecule has 0 atom stereocenters. The molecule has 0 amide bonds. The van der Waals surface area contributed by atoms with Crippen molar-refractivity contribution >= 4 is 11.3 Å². The van der Waals surface area contributed by atoms with Crippen LogP contribution in [0, 0.1) is 0 Å². The summed E-state index contributed by atoms with van der Waals surface area (Å²) in [5.41, 5.74) is 6.83. The standard InChI is InChI=1S/C22H19N5S/c1-2-20(18-6-10-28-15-18)24-11-16(1)13-27-9-5-21-19(14-27)12-25-22(26-21)17-3-7-23-8-4-17/h1-4,6-8,10-12,15H,5,9,13-14H2. The number of pyridine rings is 2. The van der Waals surface area contributed by atoms with Gasteiger partial charge >= 0.3 is 0 Å². The molecule has 6 heteroatoms. The molecule has 4 aromatic rings. The number of hydrogen-bond acceptors (Lipinski definition) is 6. The summed E-state index contributed by atoms with van der Waals surface area (Å²) in [4.78, 5) is 20.5. The largest absolute Gasteiger partial charge is 0.294 e. The number of fused-ring (bicyclic) bond motifs is 1. The molecule has 0 unspecified atom stereocenters. The van der Waals surface area contributed by atoms with Gasteiger partial charge in [0.25, 0.3) is 0 Å². The zero-order valence-corrected chi connectivity index (χ0v) is 16.1. The van der Waals surface area contributed by atoms with Crippen LogP contribution in [-0.2, 0) is 19.5 Å². The molecule has 0 saturated carbocycles. The van der Waals surface area contributed by atoms with Crippen LogP contribution in [0.2, 0.25) is 0 Å². The third-order valence-corrected chi connectivity index (χ3v) is 5.68. The summed E-state index contributed by atoms with van der Waals surface area (Å²) in [6.45, 7) is 2.76. The van der Waals surface area contributed by atoms with Crippen molar-refractivity contribution in [2.75, 3.05) is 6.54 Å². The first-order valence-electron chi connectivity index (χ1n) is 9.30. The van der Waals surface area contributed by atoms with Gasteiger partial charge in [0.1, 0.15) is 0 Å². The van der Waals surface area contributed by atoms with E-state index in [0.29, 0.717) is 0 Å². The van der Waals surface area contributed by atoms with Crippen LogP contribution in [-0.4, -0.2) is 31.4 Å². The van der Waals surface area contributed by atoms with Gasteiger partial charge in [-0.25, -0.2) is 9.97 Å². The third-order valence-electron chi connectivity index (χ3n) is 5.00. The first-order valence-corrected chi connectivity index (χ1v) is 10.2. The maximum Gasteiger partial charge on any atom is 0.159 e. The van der Waals surface area contributed by atoms with Gasteiger partial charge in [-0.05, 0) is 35.2 Å². The van der Waals surface area contributed by atoms with Crippen LogP contribution in [0.15, 0.2) is 65.9 Å². The van der Waals surface area contributed by atoms with E-state index in [9.17, 15) is 0 Å². The second kappa shape index (κ2) is 7.58. The highest BCUT2D eigenvalue weighted by atomic mass is 32.1. The van der Waals surface area contributed by atoms with Crippen molar-refractivity contribution in [3.63, 3.8) is 0 Å². The Bertz CT molecular complexity index is 1060. The van der Waals surface area contributed by atoms with Crippen molar-refractivity contribution in [2.45, 2.75) is 19.5 Å². The van der Waals surface area contributed by atoms with Crippen LogP contribution in [0.4, 0.5) is 0 Å². The van der Waals surface area contributed by atoms with Crippen LogP contribution >= 0.6 is 11.3 Å². The van der Waals surface area contributed by atoms with Gasteiger partial charge in [-0.3, -0.25) is 14.9 Å². The molecule has 28 heavy (non-hydrogen) atoms. The average Bonchev–Trinajstić information content (AvgIpc) is 3.29. The normalized spacial score (nSPS) is 14.0. The van der Waals surface area contributed by atoms with Crippen molar-refractivity contribution in [1.82, 2.24) is 24.8 Å². The lowest BCUT2D eigenvalue weighted by molar-refractivity contribution is 0.242. The fourth-order valence-electron chi connectivity index (χ4n) is 3.51. The molecular weight excluding hydrogens is 366 g/mol. The summed E-state index contributed by atoms with van der Waals surface area (Å²) in [6.07, 6.45) is 8.46. The topological polar surface area (TPSA) is 54.8 Å². The van der Waals surface area contributed by atoms with Gasteiger partial charge in [0, 0.05) is 72.9 Å². The SMILES string of the molecule is c1cc(-c2ncc3c(n2)CCN(Cc2ccc(-c4ccsc4)nc2)C3)ccn1. The molecule has 1 aliphatic rings. The summed E-state index contributed by atoms with van der Waals surface area (Å²) in [5, 5.41) is 4.21. The average molecular weight is 385 g/mol. The van der Waals surface area contributed by atoms with E-state index < -0.39 is 0 Å². The fourth-order valence-corrected chi connectivity index (χ4v) is 4.16. The van der Waals surface area contributed by atoms with Gasteiger partial charge in [0.05, 0.1) is 11.4 Å². The summed E-state index contributed by atoms with van der Waals surface area (Å²) >= 11 is 1.70. The first-order chi connectivity index (χ1) is 13.8. The van der Waals surface area contributed by atoms with Crippen molar-refractivity contribution < 1.29 is 0 Å². The lowest BCUT2D eigenvalue weighted by Crippen LogP contribution is -2.31. The van der Waals surface area contributed by atoms with Crippen molar-refractivity contribution in [1.29, 1.82) is 0 Å². The molecule has 4 aromatic heterocycles. The van der Waals surface area contributed by atoms with Crippen molar-refractivity contribution in [3.05, 3.63) is 82.7 Å². The monoisotopic (exact) mass is 385 g/mol. The molecule has 1 aliphatic heterocycles. The predicted molar refractivity (Wildman–Crippen MR) is 111 cm³/mol. The van der Waals surface area contributed by atoms with Crippen LogP contribution in [0.3, 0.4) is 0 Å². The zero-order chi connectivity index (χ0) is 18.8. The number of rotatable bonds is 4. The van der Waals surface area contributed by atoms with Gasteiger partial charge in [0.2, 0.25) is 0 Å². The molecule has 5 rings (SSSR count). The molecule has 0 spiro atoms. The van der Waals surface area contributed by atoms with Crippen LogP contribution in [0.5, 0.6) is 0 Å². The molecule has 0 bridgehead atoms. The van der Waals surface area contributed by atoms with Crippen LogP contribution in [0.25, 0.3) is 22.6 Å². The van der Waals surface area contributed by atoms with E-state index in [2.05, 4.69) is 48.8 Å². The molecule has 0 N–H and O–H groups in total. The summed E-state index contributed by atoms with van der Waals surface area (Å²) in [5.74, 6) is 0.780. The van der Waals surface area contributed by atoms with E-state index in [1.807, 2.05) is 24.5 Å². The minimum absolute atomic E-state index is 0.780. The minimum Gasteiger partial charge on any atom is -0.294 e. The van der Waals surface area contributed by atoms with Crippen LogP contribution < -0.4 is 0 Å². The Hall–Kier alpha value is -2.96. The number of thiophene rings is 1. The Morgan fingerprint density at radius 2 is 1.89 bits per heavy atom. The molecular formula is C22H19N5S. The maximum atomic E-state index is 4.79. The van der Waals surface area contributed by atoms with E-state index in [4.69, 9.17) is 4.98 Å². The highest BCUT2D eigenvalue weighted by Gasteiger charge is 2.19. The molecule has 0 radical (unpaired) electrons. The quantitative estimate of drug-likeness (QED) is 0.526. The molecule has 5 heterocycles. The maximum absolute atomic E-state index is 4.79. The van der Waals surface area contributed by atoms with Crippen LogP contribution in [0.1, 0.15) is 16.8 Å². The van der Waals surface area contributed by atoms with E-state index in [1.165, 1.54) is 16.7 Å². The molecule has 0 aliphatic carbocycles. The second-order valence-corrected chi connectivity index (χ2v) is 7.71. The second-order valence-electron chi connectivity index (χ2n) is 6.93. The van der Waals surface area contributed by atoms with Crippen molar-refractivity contribution in [3.8, 4) is 22.6 Å². The highest BCUT2D eigenvalue weighted by molar-refractivity contribution is 7.08. The van der Waals surface area contributed by atoms with Gasteiger partial charge in [-0.1, -0.05) is 6.07 Å². The predicted octanol–water partition coefficient (Wildman–Crippen LogP) is 4.22. The van der Waals surface area contributed by atoms with Gasteiger partial charge in [0.15, 0.2) is 5.82 Å². The first kappa shape index (κ1) is 17.2. The third kappa shape index (κ3) is 3.56. The zero-order valence-electron chi connectivity index (χ0n) is 15.3. The van der Waals surface area contributed by atoms with E-state index in [1.54, 1.807) is 23.7 Å². The Morgan fingerprint density at radius 3 is 2.68 bits per heavy atom. The molecule has 0 fully saturated rings. The minimum atomic E-state index is 0.780. The summed E-state index contributed by atoms with van der Waals surface area (Å²) < 4.78 is 0. The molecule has 138 valence electrons. The Labute approximate surface area is 167 Å². The number of hydrogen-bond donors (Lipinski definition) is 0. The fraction of sp³-hybridized carbons (Fsp3) is 0.182. The van der Waals surface area contributed by atoms with Gasteiger partial charge < -0.3 is 0 Å². The van der Waals surface area contributed by atoms with Crippen molar-refractivity contribution in [2.24, 2.45) is 0 Å². The number of aromatic nitrogens is 4.